The van der Waals surface area contributed by atoms with Crippen molar-refractivity contribution >= 4 is 28.4 Å². The Hall–Kier alpha value is -3.24. The lowest BCUT2D eigenvalue weighted by Gasteiger charge is -2.32. The minimum Gasteiger partial charge on any atom is -0.341 e. The number of nitrogens with one attached hydrogen (secondary N) is 2. The first-order valence-electron chi connectivity index (χ1n) is 9.74. The summed E-state index contributed by atoms with van der Waals surface area (Å²) in [5.41, 5.74) is 2.41. The van der Waals surface area contributed by atoms with Gasteiger partial charge in [-0.1, -0.05) is 6.07 Å². The second-order valence-corrected chi connectivity index (χ2v) is 7.37. The number of halogens is 1. The second kappa shape index (κ2) is 8.02. The third kappa shape index (κ3) is 3.98. The van der Waals surface area contributed by atoms with Gasteiger partial charge in [0.25, 0.3) is 0 Å². The van der Waals surface area contributed by atoms with Crippen molar-refractivity contribution in [3.8, 4) is 6.07 Å². The number of rotatable bonds is 4. The lowest BCUT2D eigenvalue weighted by Crippen LogP contribution is -2.41. The summed E-state index contributed by atoms with van der Waals surface area (Å²) in [7, 11) is 1.98. The molecule has 4 rings (SSSR count). The maximum absolute atomic E-state index is 14.4. The van der Waals surface area contributed by atoms with Crippen molar-refractivity contribution in [1.82, 2.24) is 15.3 Å². The number of aromatic nitrogens is 2. The molecule has 29 heavy (non-hydrogen) atoms. The lowest BCUT2D eigenvalue weighted by atomic mass is 10.1. The normalized spacial score (nSPS) is 14.8. The SMILES string of the molecule is CNC1CCN(c2nc(Nc3ccc(C)cc3F)c3ccc(C#N)cc3n2)CC1. The first-order chi connectivity index (χ1) is 14.1. The number of hydrogen-bond donors (Lipinski definition) is 2. The molecule has 2 aromatic carbocycles. The molecule has 0 amide bonds. The van der Waals surface area contributed by atoms with Crippen LogP contribution in [0.5, 0.6) is 0 Å². The summed E-state index contributed by atoms with van der Waals surface area (Å²) in [6.07, 6.45) is 2.01. The molecule has 1 saturated heterocycles. The van der Waals surface area contributed by atoms with Crippen molar-refractivity contribution in [3.05, 3.63) is 53.3 Å². The van der Waals surface area contributed by atoms with Gasteiger partial charge in [-0.15, -0.1) is 0 Å². The zero-order valence-corrected chi connectivity index (χ0v) is 16.5. The number of hydrogen-bond acceptors (Lipinski definition) is 6. The Labute approximate surface area is 169 Å². The summed E-state index contributed by atoms with van der Waals surface area (Å²) >= 11 is 0. The Morgan fingerprint density at radius 1 is 1.14 bits per heavy atom. The number of benzene rings is 2. The van der Waals surface area contributed by atoms with Crippen LogP contribution in [0.4, 0.5) is 21.8 Å². The molecule has 0 saturated carbocycles. The van der Waals surface area contributed by atoms with Crippen LogP contribution in [0.3, 0.4) is 0 Å². The summed E-state index contributed by atoms with van der Waals surface area (Å²) in [4.78, 5) is 11.6. The van der Waals surface area contributed by atoms with Gasteiger partial charge in [-0.25, -0.2) is 9.37 Å². The molecule has 0 unspecified atom stereocenters. The average molecular weight is 390 g/mol. The van der Waals surface area contributed by atoms with E-state index in [9.17, 15) is 9.65 Å². The average Bonchev–Trinajstić information content (AvgIpc) is 2.75. The largest absolute Gasteiger partial charge is 0.341 e. The molecular weight excluding hydrogens is 367 g/mol. The van der Waals surface area contributed by atoms with Gasteiger partial charge in [0.1, 0.15) is 11.6 Å². The van der Waals surface area contributed by atoms with Gasteiger partial charge < -0.3 is 15.5 Å². The van der Waals surface area contributed by atoms with Gasteiger partial charge in [-0.05, 0) is 62.7 Å². The fourth-order valence-corrected chi connectivity index (χ4v) is 3.64. The molecule has 0 aliphatic carbocycles. The number of nitrogens with zero attached hydrogens (tertiary/aromatic N) is 4. The predicted octanol–water partition coefficient (Wildman–Crippen LogP) is 3.88. The van der Waals surface area contributed by atoms with Crippen LogP contribution in [-0.2, 0) is 0 Å². The van der Waals surface area contributed by atoms with E-state index in [-0.39, 0.29) is 5.82 Å². The van der Waals surface area contributed by atoms with E-state index in [1.165, 1.54) is 6.07 Å². The standard InChI is InChI=1S/C22H23FN6/c1-14-3-6-19(18(23)11-14)26-21-17-5-4-15(13-24)12-20(17)27-22(28-21)29-9-7-16(25-2)8-10-29/h3-6,11-12,16,25H,7-10H2,1-2H3,(H,26,27,28). The summed E-state index contributed by atoms with van der Waals surface area (Å²) in [5.74, 6) is 0.798. The fraction of sp³-hybridized carbons (Fsp3) is 0.318. The highest BCUT2D eigenvalue weighted by molar-refractivity contribution is 5.92. The minimum atomic E-state index is -0.332. The quantitative estimate of drug-likeness (QED) is 0.704. The fourth-order valence-electron chi connectivity index (χ4n) is 3.64. The van der Waals surface area contributed by atoms with E-state index in [1.54, 1.807) is 24.3 Å². The van der Waals surface area contributed by atoms with E-state index in [2.05, 4.69) is 21.6 Å². The number of nitriles is 1. The van der Waals surface area contributed by atoms with Gasteiger partial charge in [-0.2, -0.15) is 10.2 Å². The van der Waals surface area contributed by atoms with Crippen molar-refractivity contribution in [1.29, 1.82) is 5.26 Å². The van der Waals surface area contributed by atoms with Crippen LogP contribution < -0.4 is 15.5 Å². The Bertz CT molecular complexity index is 1080. The van der Waals surface area contributed by atoms with E-state index < -0.39 is 0 Å². The molecule has 148 valence electrons. The Morgan fingerprint density at radius 2 is 1.93 bits per heavy atom. The molecule has 1 aromatic heterocycles. The van der Waals surface area contributed by atoms with Gasteiger partial charge in [-0.3, -0.25) is 0 Å². The smallest absolute Gasteiger partial charge is 0.227 e. The van der Waals surface area contributed by atoms with Crippen molar-refractivity contribution in [2.45, 2.75) is 25.8 Å². The minimum absolute atomic E-state index is 0.332. The first-order valence-corrected chi connectivity index (χ1v) is 9.74. The first kappa shape index (κ1) is 19.1. The maximum Gasteiger partial charge on any atom is 0.227 e. The van der Waals surface area contributed by atoms with E-state index in [4.69, 9.17) is 9.97 Å². The molecule has 0 spiro atoms. The molecule has 6 nitrogen and oxygen atoms in total. The molecule has 1 aliphatic rings. The highest BCUT2D eigenvalue weighted by Gasteiger charge is 2.21. The van der Waals surface area contributed by atoms with Crippen LogP contribution in [0.15, 0.2) is 36.4 Å². The topological polar surface area (TPSA) is 76.9 Å². The predicted molar refractivity (Wildman–Crippen MR) is 113 cm³/mol. The molecule has 2 N–H and O–H groups in total. The van der Waals surface area contributed by atoms with Crippen molar-refractivity contribution in [2.75, 3.05) is 30.4 Å². The molecule has 1 aliphatic heterocycles. The van der Waals surface area contributed by atoms with Crippen LogP contribution in [-0.4, -0.2) is 36.1 Å². The Kier molecular flexibility index (Phi) is 5.28. The number of aryl methyl sites for hydroxylation is 1. The summed E-state index contributed by atoms with van der Waals surface area (Å²) < 4.78 is 14.4. The van der Waals surface area contributed by atoms with Crippen LogP contribution in [0.25, 0.3) is 10.9 Å². The maximum atomic E-state index is 14.4. The highest BCUT2D eigenvalue weighted by Crippen LogP contribution is 2.29. The van der Waals surface area contributed by atoms with Crippen molar-refractivity contribution in [2.24, 2.45) is 0 Å². The molecule has 0 bridgehead atoms. The molecule has 7 heteroatoms. The molecule has 2 heterocycles. The molecule has 0 atom stereocenters. The molecular formula is C22H23FN6. The van der Waals surface area contributed by atoms with Crippen molar-refractivity contribution in [3.63, 3.8) is 0 Å². The summed E-state index contributed by atoms with van der Waals surface area (Å²) in [6.45, 7) is 3.53. The van der Waals surface area contributed by atoms with Gasteiger partial charge in [0.15, 0.2) is 0 Å². The number of anilines is 3. The van der Waals surface area contributed by atoms with Crippen LogP contribution in [0, 0.1) is 24.1 Å². The zero-order chi connectivity index (χ0) is 20.4. The van der Waals surface area contributed by atoms with E-state index >= 15 is 0 Å². The van der Waals surface area contributed by atoms with E-state index in [0.29, 0.717) is 34.6 Å². The van der Waals surface area contributed by atoms with E-state index in [0.717, 1.165) is 36.9 Å². The second-order valence-electron chi connectivity index (χ2n) is 7.37. The van der Waals surface area contributed by atoms with Crippen LogP contribution in [0.1, 0.15) is 24.0 Å². The molecule has 1 fully saturated rings. The number of piperidine rings is 1. The van der Waals surface area contributed by atoms with Gasteiger partial charge >= 0.3 is 0 Å². The summed E-state index contributed by atoms with van der Waals surface area (Å²) in [6, 6.07) is 13.0. The van der Waals surface area contributed by atoms with Crippen molar-refractivity contribution < 1.29 is 4.39 Å². The third-order valence-corrected chi connectivity index (χ3v) is 5.38. The summed E-state index contributed by atoms with van der Waals surface area (Å²) in [5, 5.41) is 16.5. The van der Waals surface area contributed by atoms with Gasteiger partial charge in [0.05, 0.1) is 22.8 Å². The highest BCUT2D eigenvalue weighted by atomic mass is 19.1. The Balaban J connectivity index is 1.76. The van der Waals surface area contributed by atoms with Crippen LogP contribution >= 0.6 is 0 Å². The van der Waals surface area contributed by atoms with E-state index in [1.807, 2.05) is 20.0 Å². The molecule has 3 aromatic rings. The van der Waals surface area contributed by atoms with Crippen LogP contribution in [0.2, 0.25) is 0 Å². The third-order valence-electron chi connectivity index (χ3n) is 5.38. The monoisotopic (exact) mass is 390 g/mol. The molecule has 0 radical (unpaired) electrons. The lowest BCUT2D eigenvalue weighted by molar-refractivity contribution is 0.439. The Morgan fingerprint density at radius 3 is 2.62 bits per heavy atom. The van der Waals surface area contributed by atoms with Gasteiger partial charge in [0.2, 0.25) is 5.95 Å². The zero-order valence-electron chi connectivity index (χ0n) is 16.5. The van der Waals surface area contributed by atoms with Gasteiger partial charge in [0, 0.05) is 24.5 Å². The number of fused-ring (bicyclic) bond motifs is 1.